The number of hydrogen-bond donors (Lipinski definition) is 0. The van der Waals surface area contributed by atoms with Crippen molar-refractivity contribution in [3.8, 4) is 17.1 Å². The first-order valence-electron chi connectivity index (χ1n) is 8.50. The van der Waals surface area contributed by atoms with E-state index in [1.54, 1.807) is 11.8 Å². The maximum atomic E-state index is 4.49. The fraction of sp³-hybridized carbons (Fsp3) is 0.150. The maximum absolute atomic E-state index is 4.49. The van der Waals surface area contributed by atoms with E-state index >= 15 is 0 Å². The lowest BCUT2D eigenvalue weighted by Crippen LogP contribution is -2.00. The van der Waals surface area contributed by atoms with Gasteiger partial charge in [0.2, 0.25) is 0 Å². The van der Waals surface area contributed by atoms with Crippen molar-refractivity contribution in [1.29, 1.82) is 0 Å². The Bertz CT molecular complexity index is 1050. The van der Waals surface area contributed by atoms with Gasteiger partial charge in [-0.1, -0.05) is 58.0 Å². The Labute approximate surface area is 170 Å². The lowest BCUT2D eigenvalue weighted by Gasteiger charge is -2.10. The Kier molecular flexibility index (Phi) is 5.13. The van der Waals surface area contributed by atoms with E-state index in [0.29, 0.717) is 0 Å². The predicted octanol–water partition coefficient (Wildman–Crippen LogP) is 5.03. The molecular weight excluding hydrogens is 422 g/mol. The van der Waals surface area contributed by atoms with E-state index in [1.807, 2.05) is 43.0 Å². The fourth-order valence-corrected chi connectivity index (χ4v) is 4.07. The highest BCUT2D eigenvalue weighted by molar-refractivity contribution is 9.10. The molecule has 0 saturated carbocycles. The van der Waals surface area contributed by atoms with Gasteiger partial charge in [-0.05, 0) is 36.8 Å². The molecule has 4 aromatic rings. The minimum absolute atomic E-state index is 0.810. The highest BCUT2D eigenvalue weighted by Crippen LogP contribution is 2.31. The molecule has 2 heterocycles. The zero-order valence-corrected chi connectivity index (χ0v) is 17.4. The van der Waals surface area contributed by atoms with Crippen LogP contribution in [0.3, 0.4) is 0 Å². The van der Waals surface area contributed by atoms with Crippen LogP contribution >= 0.6 is 27.7 Å². The van der Waals surface area contributed by atoms with Crippen LogP contribution in [-0.2, 0) is 12.8 Å². The van der Waals surface area contributed by atoms with Crippen molar-refractivity contribution in [3.05, 3.63) is 76.5 Å². The Balaban J connectivity index is 1.73. The van der Waals surface area contributed by atoms with Crippen molar-refractivity contribution < 1.29 is 0 Å². The first-order valence-corrected chi connectivity index (χ1v) is 10.3. The van der Waals surface area contributed by atoms with Crippen LogP contribution in [0.15, 0.2) is 70.4 Å². The molecule has 0 N–H and O–H groups in total. The van der Waals surface area contributed by atoms with E-state index in [9.17, 15) is 0 Å². The molecule has 0 aliphatic rings. The summed E-state index contributed by atoms with van der Waals surface area (Å²) in [5.41, 5.74) is 4.21. The second-order valence-corrected chi connectivity index (χ2v) is 8.05. The summed E-state index contributed by atoms with van der Waals surface area (Å²) >= 11 is 5.16. The molecule has 5 nitrogen and oxygen atoms in total. The van der Waals surface area contributed by atoms with Gasteiger partial charge in [0.1, 0.15) is 0 Å². The summed E-state index contributed by atoms with van der Waals surface area (Å²) in [6.45, 7) is 1.99. The molecule has 0 unspecified atom stereocenters. The smallest absolute Gasteiger partial charge is 0.196 e. The van der Waals surface area contributed by atoms with Gasteiger partial charge in [0, 0.05) is 29.2 Å². The van der Waals surface area contributed by atoms with Crippen LogP contribution in [0.1, 0.15) is 11.3 Å². The SMILES string of the molecule is Cc1nn(C)cc1-c1nnc(SCc2ccc(Br)cc2)n1-c1ccccc1. The average Bonchev–Trinajstić information content (AvgIpc) is 3.24. The standard InChI is InChI=1S/C20H18BrN5S/c1-14-18(12-25(2)24-14)19-22-23-20(26(19)17-6-4-3-5-7-17)27-13-15-8-10-16(21)11-9-15/h3-12H,13H2,1-2H3. The molecule has 0 spiro atoms. The number of benzene rings is 2. The van der Waals surface area contributed by atoms with Gasteiger partial charge >= 0.3 is 0 Å². The summed E-state index contributed by atoms with van der Waals surface area (Å²) in [7, 11) is 1.92. The van der Waals surface area contributed by atoms with Crippen molar-refractivity contribution in [2.45, 2.75) is 17.8 Å². The quantitative estimate of drug-likeness (QED) is 0.409. The molecule has 136 valence electrons. The summed E-state index contributed by atoms with van der Waals surface area (Å²) in [5.74, 6) is 1.63. The molecular formula is C20H18BrN5S. The number of hydrogen-bond acceptors (Lipinski definition) is 4. The van der Waals surface area contributed by atoms with Crippen LogP contribution in [0.5, 0.6) is 0 Å². The van der Waals surface area contributed by atoms with Crippen LogP contribution in [-0.4, -0.2) is 24.5 Å². The molecule has 4 rings (SSSR count). The van der Waals surface area contributed by atoms with Crippen molar-refractivity contribution in [2.24, 2.45) is 7.05 Å². The first kappa shape index (κ1) is 18.0. The van der Waals surface area contributed by atoms with Gasteiger partial charge in [0.05, 0.1) is 11.3 Å². The van der Waals surface area contributed by atoms with Gasteiger partial charge in [0.25, 0.3) is 0 Å². The third kappa shape index (κ3) is 3.84. The van der Waals surface area contributed by atoms with Gasteiger partial charge in [0.15, 0.2) is 11.0 Å². The number of thioether (sulfide) groups is 1. The predicted molar refractivity (Wildman–Crippen MR) is 112 cm³/mol. The topological polar surface area (TPSA) is 48.5 Å². The lowest BCUT2D eigenvalue weighted by atomic mass is 10.2. The lowest BCUT2D eigenvalue weighted by molar-refractivity contribution is 0.756. The highest BCUT2D eigenvalue weighted by Gasteiger charge is 2.19. The molecule has 0 atom stereocenters. The Morgan fingerprint density at radius 1 is 1.00 bits per heavy atom. The van der Waals surface area contributed by atoms with Crippen molar-refractivity contribution in [1.82, 2.24) is 24.5 Å². The molecule has 0 bridgehead atoms. The summed E-state index contributed by atoms with van der Waals surface area (Å²) in [4.78, 5) is 0. The van der Waals surface area contributed by atoms with E-state index in [-0.39, 0.29) is 0 Å². The number of nitrogens with zero attached hydrogens (tertiary/aromatic N) is 5. The van der Waals surface area contributed by atoms with Crippen LogP contribution in [0, 0.1) is 6.92 Å². The van der Waals surface area contributed by atoms with Crippen molar-refractivity contribution >= 4 is 27.7 Å². The fourth-order valence-electron chi connectivity index (χ4n) is 2.90. The van der Waals surface area contributed by atoms with Crippen LogP contribution in [0.4, 0.5) is 0 Å². The summed E-state index contributed by atoms with van der Waals surface area (Å²) in [6, 6.07) is 18.6. The number of para-hydroxylation sites is 1. The van der Waals surface area contributed by atoms with E-state index in [0.717, 1.165) is 38.2 Å². The van der Waals surface area contributed by atoms with Gasteiger partial charge in [-0.15, -0.1) is 10.2 Å². The Morgan fingerprint density at radius 3 is 2.41 bits per heavy atom. The normalized spacial score (nSPS) is 11.1. The average molecular weight is 440 g/mol. The van der Waals surface area contributed by atoms with Crippen LogP contribution < -0.4 is 0 Å². The molecule has 2 aromatic heterocycles. The molecule has 0 saturated heterocycles. The summed E-state index contributed by atoms with van der Waals surface area (Å²) < 4.78 is 5.00. The third-order valence-electron chi connectivity index (χ3n) is 4.18. The van der Waals surface area contributed by atoms with E-state index in [1.165, 1.54) is 5.56 Å². The van der Waals surface area contributed by atoms with Gasteiger partial charge in [-0.3, -0.25) is 9.25 Å². The van der Waals surface area contributed by atoms with E-state index < -0.39 is 0 Å². The monoisotopic (exact) mass is 439 g/mol. The van der Waals surface area contributed by atoms with Crippen LogP contribution in [0.2, 0.25) is 0 Å². The number of halogens is 1. The molecule has 7 heteroatoms. The molecule has 0 amide bonds. The number of aryl methyl sites for hydroxylation is 2. The maximum Gasteiger partial charge on any atom is 0.196 e. The van der Waals surface area contributed by atoms with Gasteiger partial charge < -0.3 is 0 Å². The zero-order chi connectivity index (χ0) is 18.8. The van der Waals surface area contributed by atoms with E-state index in [2.05, 4.69) is 72.2 Å². The number of rotatable bonds is 5. The van der Waals surface area contributed by atoms with Gasteiger partial charge in [-0.2, -0.15) is 5.10 Å². The zero-order valence-electron chi connectivity index (χ0n) is 15.0. The molecule has 0 aliphatic heterocycles. The minimum atomic E-state index is 0.810. The molecule has 2 aromatic carbocycles. The Hall–Kier alpha value is -2.38. The second-order valence-electron chi connectivity index (χ2n) is 6.19. The first-order chi connectivity index (χ1) is 13.1. The Morgan fingerprint density at radius 2 is 1.74 bits per heavy atom. The van der Waals surface area contributed by atoms with E-state index in [4.69, 9.17) is 0 Å². The molecule has 0 radical (unpaired) electrons. The van der Waals surface area contributed by atoms with Crippen molar-refractivity contribution in [2.75, 3.05) is 0 Å². The minimum Gasteiger partial charge on any atom is -0.275 e. The highest BCUT2D eigenvalue weighted by atomic mass is 79.9. The summed E-state index contributed by atoms with van der Waals surface area (Å²) in [5, 5.41) is 14.3. The number of aromatic nitrogens is 5. The third-order valence-corrected chi connectivity index (χ3v) is 5.71. The largest absolute Gasteiger partial charge is 0.275 e. The van der Waals surface area contributed by atoms with Crippen molar-refractivity contribution in [3.63, 3.8) is 0 Å². The summed E-state index contributed by atoms with van der Waals surface area (Å²) in [6.07, 6.45) is 1.99. The second kappa shape index (κ2) is 7.70. The van der Waals surface area contributed by atoms with Crippen LogP contribution in [0.25, 0.3) is 17.1 Å². The molecule has 27 heavy (non-hydrogen) atoms. The molecule has 0 fully saturated rings. The van der Waals surface area contributed by atoms with Gasteiger partial charge in [-0.25, -0.2) is 0 Å². The molecule has 0 aliphatic carbocycles.